The van der Waals surface area contributed by atoms with Crippen molar-refractivity contribution in [1.82, 2.24) is 9.13 Å². The summed E-state index contributed by atoms with van der Waals surface area (Å²) in [5.41, 5.74) is 4.87. The van der Waals surface area contributed by atoms with Gasteiger partial charge in [0.1, 0.15) is 0 Å². The molecule has 2 unspecified atom stereocenters. The number of benzene rings is 1. The summed E-state index contributed by atoms with van der Waals surface area (Å²) in [6.45, 7) is 2.09. The van der Waals surface area contributed by atoms with E-state index in [0.29, 0.717) is 0 Å². The van der Waals surface area contributed by atoms with Crippen LogP contribution in [0.5, 0.6) is 0 Å². The monoisotopic (exact) mass is 280 g/mol. The van der Waals surface area contributed by atoms with Gasteiger partial charge in [-0.3, -0.25) is 13.9 Å². The summed E-state index contributed by atoms with van der Waals surface area (Å²) in [7, 11) is 3.30. The smallest absolute Gasteiger partial charge is 0.300 e. The van der Waals surface area contributed by atoms with E-state index < -0.39 is 0 Å². The Hall–Kier alpha value is -2.36. The average Bonchev–Trinajstić information content (AvgIpc) is 2.47. The first-order chi connectivity index (χ1) is 10.0. The van der Waals surface area contributed by atoms with E-state index >= 15 is 0 Å². The molecule has 0 fully saturated rings. The number of hydrogen-bond acceptors (Lipinski definition) is 2. The van der Waals surface area contributed by atoms with Gasteiger partial charge < -0.3 is 0 Å². The second-order valence-corrected chi connectivity index (χ2v) is 5.95. The average molecular weight is 280 g/mol. The first kappa shape index (κ1) is 12.4. The van der Waals surface area contributed by atoms with E-state index in [1.54, 1.807) is 18.7 Å². The second kappa shape index (κ2) is 3.85. The van der Waals surface area contributed by atoms with E-state index in [1.165, 1.54) is 21.3 Å². The molecule has 0 spiro atoms. The van der Waals surface area contributed by atoms with Crippen LogP contribution in [0.3, 0.4) is 0 Å². The molecule has 106 valence electrons. The molecule has 2 aliphatic rings. The lowest BCUT2D eigenvalue weighted by Gasteiger charge is -2.42. The summed E-state index contributed by atoms with van der Waals surface area (Å²) in [5, 5.41) is 0. The van der Waals surface area contributed by atoms with Crippen molar-refractivity contribution in [2.24, 2.45) is 14.1 Å². The van der Waals surface area contributed by atoms with Crippen LogP contribution in [0, 0.1) is 0 Å². The van der Waals surface area contributed by atoms with Crippen LogP contribution in [0.15, 0.2) is 39.9 Å². The number of aromatic nitrogens is 2. The van der Waals surface area contributed by atoms with Crippen molar-refractivity contribution in [2.45, 2.75) is 18.8 Å². The van der Waals surface area contributed by atoms with Crippen molar-refractivity contribution in [3.8, 4) is 0 Å². The highest BCUT2D eigenvalue weighted by molar-refractivity contribution is 5.75. The first-order valence-electron chi connectivity index (χ1n) is 7.10. The molecule has 0 saturated carbocycles. The molecule has 0 N–H and O–H groups in total. The maximum atomic E-state index is 12.5. The van der Waals surface area contributed by atoms with Crippen molar-refractivity contribution in [1.29, 1.82) is 0 Å². The molecule has 1 aromatic carbocycles. The Bertz CT molecular complexity index is 931. The zero-order valence-electron chi connectivity index (χ0n) is 12.3. The summed E-state index contributed by atoms with van der Waals surface area (Å²) in [4.78, 5) is 24.6. The lowest BCUT2D eigenvalue weighted by Crippen LogP contribution is -2.48. The molecule has 2 atom stereocenters. The normalized spacial score (nSPS) is 21.8. The van der Waals surface area contributed by atoms with Crippen LogP contribution in [0.25, 0.3) is 5.57 Å². The zero-order chi connectivity index (χ0) is 14.9. The lowest BCUT2D eigenvalue weighted by atomic mass is 9.63. The fourth-order valence-electron chi connectivity index (χ4n) is 3.83. The van der Waals surface area contributed by atoms with E-state index in [9.17, 15) is 9.59 Å². The third kappa shape index (κ3) is 1.35. The lowest BCUT2D eigenvalue weighted by molar-refractivity contribution is 0.499. The van der Waals surface area contributed by atoms with Crippen molar-refractivity contribution in [3.63, 3.8) is 0 Å². The van der Waals surface area contributed by atoms with E-state index in [-0.39, 0.29) is 23.1 Å². The van der Waals surface area contributed by atoms with Crippen molar-refractivity contribution in [2.75, 3.05) is 0 Å². The highest BCUT2D eigenvalue weighted by Gasteiger charge is 2.45. The van der Waals surface area contributed by atoms with Gasteiger partial charge >= 0.3 is 5.69 Å². The van der Waals surface area contributed by atoms with Gasteiger partial charge in [0, 0.05) is 37.2 Å². The molecule has 0 saturated heterocycles. The van der Waals surface area contributed by atoms with Gasteiger partial charge in [-0.15, -0.1) is 0 Å². The molecule has 21 heavy (non-hydrogen) atoms. The Balaban J connectivity index is 2.09. The topological polar surface area (TPSA) is 44.0 Å². The molecule has 2 aromatic rings. The number of allylic oxidation sites excluding steroid dienone is 2. The molecule has 0 bridgehead atoms. The Morgan fingerprint density at radius 1 is 1.05 bits per heavy atom. The predicted molar refractivity (Wildman–Crippen MR) is 81.6 cm³/mol. The van der Waals surface area contributed by atoms with Crippen LogP contribution < -0.4 is 11.2 Å². The van der Waals surface area contributed by atoms with Crippen molar-refractivity contribution < 1.29 is 0 Å². The van der Waals surface area contributed by atoms with Gasteiger partial charge in [0.15, 0.2) is 0 Å². The summed E-state index contributed by atoms with van der Waals surface area (Å²) in [6.07, 6.45) is 2.19. The molecule has 0 amide bonds. The van der Waals surface area contributed by atoms with Crippen LogP contribution >= 0.6 is 0 Å². The quantitative estimate of drug-likeness (QED) is 0.737. The molecule has 1 heterocycles. The van der Waals surface area contributed by atoms with Gasteiger partial charge in [-0.25, -0.2) is 4.79 Å². The maximum Gasteiger partial charge on any atom is 0.330 e. The number of fused-ring (bicyclic) bond motifs is 6. The number of nitrogens with zero attached hydrogens (tertiary/aromatic N) is 2. The van der Waals surface area contributed by atoms with Gasteiger partial charge in [-0.1, -0.05) is 30.3 Å². The van der Waals surface area contributed by atoms with Crippen LogP contribution in [-0.2, 0) is 14.1 Å². The molecular weight excluding hydrogens is 264 g/mol. The van der Waals surface area contributed by atoms with Gasteiger partial charge in [0.2, 0.25) is 0 Å². The van der Waals surface area contributed by atoms with Gasteiger partial charge in [0.25, 0.3) is 5.56 Å². The van der Waals surface area contributed by atoms with E-state index in [2.05, 4.69) is 25.1 Å². The minimum atomic E-state index is -0.248. The molecule has 0 radical (unpaired) electrons. The minimum Gasteiger partial charge on any atom is -0.300 e. The summed E-state index contributed by atoms with van der Waals surface area (Å²) < 4.78 is 2.83. The van der Waals surface area contributed by atoms with Gasteiger partial charge in [-0.2, -0.15) is 0 Å². The van der Waals surface area contributed by atoms with E-state index in [4.69, 9.17) is 0 Å². The van der Waals surface area contributed by atoms with Gasteiger partial charge in [-0.05, 0) is 23.6 Å². The summed E-state index contributed by atoms with van der Waals surface area (Å²) in [6, 6.07) is 8.23. The highest BCUT2D eigenvalue weighted by Crippen LogP contribution is 2.53. The molecule has 4 rings (SSSR count). The third-order valence-corrected chi connectivity index (χ3v) is 4.88. The Morgan fingerprint density at radius 3 is 2.52 bits per heavy atom. The number of hydrogen-bond donors (Lipinski definition) is 0. The van der Waals surface area contributed by atoms with Crippen molar-refractivity contribution >= 4 is 5.57 Å². The molecule has 4 nitrogen and oxygen atoms in total. The summed E-state index contributed by atoms with van der Waals surface area (Å²) >= 11 is 0. The summed E-state index contributed by atoms with van der Waals surface area (Å²) in [5.74, 6) is 0.229. The third-order valence-electron chi connectivity index (χ3n) is 4.88. The zero-order valence-corrected chi connectivity index (χ0v) is 12.3. The Kier molecular flexibility index (Phi) is 2.27. The molecular formula is C17H16N2O2. The molecule has 1 aromatic heterocycles. The minimum absolute atomic E-state index is 0.0883. The van der Waals surface area contributed by atoms with Crippen LogP contribution in [-0.4, -0.2) is 9.13 Å². The Labute approximate surface area is 122 Å². The standard InChI is InChI=1S/C17H16N2O2/c1-9-8-12-13(11-7-5-4-6-10(9)11)14-15(12)18(2)17(21)19(3)16(14)20/h4-8,12-13H,1-3H3. The van der Waals surface area contributed by atoms with Crippen molar-refractivity contribution in [3.05, 3.63) is 73.6 Å². The van der Waals surface area contributed by atoms with E-state index in [0.717, 1.165) is 11.3 Å². The Morgan fingerprint density at radius 2 is 1.76 bits per heavy atom. The first-order valence-corrected chi connectivity index (χ1v) is 7.10. The largest absolute Gasteiger partial charge is 0.330 e. The molecule has 4 heteroatoms. The fraction of sp³-hybridized carbons (Fsp3) is 0.294. The maximum absolute atomic E-state index is 12.5. The van der Waals surface area contributed by atoms with Gasteiger partial charge in [0.05, 0.1) is 0 Å². The SMILES string of the molecule is CC1=CC2c3c(c(=O)n(C)c(=O)n3C)C2c2ccccc21. The second-order valence-electron chi connectivity index (χ2n) is 5.95. The highest BCUT2D eigenvalue weighted by atomic mass is 16.2. The van der Waals surface area contributed by atoms with Crippen LogP contribution in [0.2, 0.25) is 0 Å². The molecule has 2 aliphatic carbocycles. The number of rotatable bonds is 0. The fourth-order valence-corrected chi connectivity index (χ4v) is 3.83. The van der Waals surface area contributed by atoms with Crippen LogP contribution in [0.1, 0.15) is 41.1 Å². The molecule has 0 aliphatic heterocycles. The van der Waals surface area contributed by atoms with E-state index in [1.807, 2.05) is 12.1 Å². The predicted octanol–water partition coefficient (Wildman–Crippen LogP) is 1.73. The van der Waals surface area contributed by atoms with Crippen LogP contribution in [0.4, 0.5) is 0 Å².